The van der Waals surface area contributed by atoms with Gasteiger partial charge >= 0.3 is 0 Å². The zero-order valence-electron chi connectivity index (χ0n) is 15.6. The summed E-state index contributed by atoms with van der Waals surface area (Å²) in [7, 11) is 1.70. The molecule has 3 rings (SSSR count). The van der Waals surface area contributed by atoms with Crippen LogP contribution in [0, 0.1) is 0 Å². The van der Waals surface area contributed by atoms with Crippen LogP contribution in [-0.4, -0.2) is 48.7 Å². The zero-order valence-corrected chi connectivity index (χ0v) is 16.3. The number of hydrogen-bond acceptors (Lipinski definition) is 4. The van der Waals surface area contributed by atoms with Gasteiger partial charge in [-0.2, -0.15) is 0 Å². The first-order valence-corrected chi connectivity index (χ1v) is 9.47. The van der Waals surface area contributed by atoms with Crippen molar-refractivity contribution in [2.75, 3.05) is 25.5 Å². The summed E-state index contributed by atoms with van der Waals surface area (Å²) in [4.78, 5) is 38.7. The van der Waals surface area contributed by atoms with Gasteiger partial charge in [0.2, 0.25) is 11.8 Å². The molecular weight excluding hydrogens is 378 g/mol. The number of likely N-dealkylation sites (N-methyl/N-ethyl adjacent to an activating group) is 1. The van der Waals surface area contributed by atoms with Crippen molar-refractivity contribution in [2.45, 2.75) is 18.9 Å². The standard InChI is InChI=1S/C21H22ClN3O3/c1-25(12-19(26)23-16-8-9-16)13-20(27)24-18-10-7-15(22)11-17(18)21(28)14-5-3-2-4-6-14/h2-7,10-11,16H,8-9,12-13H2,1H3,(H,23,26)(H,24,27). The molecule has 0 unspecified atom stereocenters. The van der Waals surface area contributed by atoms with Gasteiger partial charge in [-0.1, -0.05) is 41.9 Å². The predicted molar refractivity (Wildman–Crippen MR) is 109 cm³/mol. The maximum absolute atomic E-state index is 12.8. The van der Waals surface area contributed by atoms with Crippen molar-refractivity contribution in [3.05, 3.63) is 64.7 Å². The van der Waals surface area contributed by atoms with Crippen molar-refractivity contribution in [3.63, 3.8) is 0 Å². The quantitative estimate of drug-likeness (QED) is 0.669. The lowest BCUT2D eigenvalue weighted by Gasteiger charge is -2.17. The molecule has 28 heavy (non-hydrogen) atoms. The summed E-state index contributed by atoms with van der Waals surface area (Å²) < 4.78 is 0. The highest BCUT2D eigenvalue weighted by molar-refractivity contribution is 6.31. The van der Waals surface area contributed by atoms with Crippen LogP contribution >= 0.6 is 11.6 Å². The van der Waals surface area contributed by atoms with E-state index in [9.17, 15) is 14.4 Å². The molecule has 1 aliphatic carbocycles. The highest BCUT2D eigenvalue weighted by Gasteiger charge is 2.24. The van der Waals surface area contributed by atoms with Crippen molar-refractivity contribution in [3.8, 4) is 0 Å². The van der Waals surface area contributed by atoms with Crippen LogP contribution in [0.25, 0.3) is 0 Å². The Morgan fingerprint density at radius 1 is 1.04 bits per heavy atom. The Morgan fingerprint density at radius 2 is 1.71 bits per heavy atom. The molecule has 7 heteroatoms. The molecule has 2 amide bonds. The SMILES string of the molecule is CN(CC(=O)Nc1ccc(Cl)cc1C(=O)c1ccccc1)CC(=O)NC1CC1. The molecule has 146 valence electrons. The topological polar surface area (TPSA) is 78.5 Å². The van der Waals surface area contributed by atoms with Gasteiger partial charge in [0.05, 0.1) is 18.8 Å². The van der Waals surface area contributed by atoms with E-state index in [0.717, 1.165) is 12.8 Å². The lowest BCUT2D eigenvalue weighted by atomic mass is 10.0. The van der Waals surface area contributed by atoms with Crippen LogP contribution in [0.15, 0.2) is 48.5 Å². The lowest BCUT2D eigenvalue weighted by Crippen LogP contribution is -2.39. The summed E-state index contributed by atoms with van der Waals surface area (Å²) in [6.07, 6.45) is 2.04. The number of amides is 2. The molecule has 0 saturated heterocycles. The number of nitrogens with one attached hydrogen (secondary N) is 2. The molecule has 1 saturated carbocycles. The smallest absolute Gasteiger partial charge is 0.238 e. The van der Waals surface area contributed by atoms with E-state index in [0.29, 0.717) is 21.8 Å². The number of ketones is 1. The van der Waals surface area contributed by atoms with Crippen LogP contribution < -0.4 is 10.6 Å². The molecule has 1 fully saturated rings. The molecule has 2 aromatic rings. The number of carbonyl (C=O) groups excluding carboxylic acids is 3. The largest absolute Gasteiger partial charge is 0.352 e. The highest BCUT2D eigenvalue weighted by atomic mass is 35.5. The van der Waals surface area contributed by atoms with Gasteiger partial charge in [0, 0.05) is 22.2 Å². The molecule has 2 N–H and O–H groups in total. The van der Waals surface area contributed by atoms with E-state index in [-0.39, 0.29) is 36.7 Å². The normalized spacial score (nSPS) is 13.2. The number of benzene rings is 2. The molecule has 1 aliphatic rings. The molecular formula is C21H22ClN3O3. The van der Waals surface area contributed by atoms with Gasteiger partial charge in [0.25, 0.3) is 0 Å². The molecule has 0 spiro atoms. The van der Waals surface area contributed by atoms with Gasteiger partial charge in [-0.15, -0.1) is 0 Å². The number of nitrogens with zero attached hydrogens (tertiary/aromatic N) is 1. The highest BCUT2D eigenvalue weighted by Crippen LogP contribution is 2.24. The maximum atomic E-state index is 12.8. The van der Waals surface area contributed by atoms with E-state index in [4.69, 9.17) is 11.6 Å². The Hall–Kier alpha value is -2.70. The van der Waals surface area contributed by atoms with Gasteiger partial charge in [-0.3, -0.25) is 19.3 Å². The molecule has 0 radical (unpaired) electrons. The average molecular weight is 400 g/mol. The minimum atomic E-state index is -0.314. The van der Waals surface area contributed by atoms with Crippen molar-refractivity contribution in [1.82, 2.24) is 10.2 Å². The summed E-state index contributed by atoms with van der Waals surface area (Å²) in [6, 6.07) is 13.8. The molecule has 0 atom stereocenters. The fourth-order valence-corrected chi connectivity index (χ4v) is 2.97. The van der Waals surface area contributed by atoms with Crippen LogP contribution in [0.2, 0.25) is 5.02 Å². The van der Waals surface area contributed by atoms with E-state index in [1.807, 2.05) is 6.07 Å². The second-order valence-electron chi connectivity index (χ2n) is 6.95. The van der Waals surface area contributed by atoms with Gasteiger partial charge in [-0.05, 0) is 38.1 Å². The Bertz CT molecular complexity index is 882. The second-order valence-corrected chi connectivity index (χ2v) is 7.38. The van der Waals surface area contributed by atoms with Crippen LogP contribution in [0.3, 0.4) is 0 Å². The number of hydrogen-bond donors (Lipinski definition) is 2. The van der Waals surface area contributed by atoms with Crippen LogP contribution in [0.5, 0.6) is 0 Å². The fourth-order valence-electron chi connectivity index (χ4n) is 2.80. The van der Waals surface area contributed by atoms with Crippen molar-refractivity contribution in [1.29, 1.82) is 0 Å². The fraction of sp³-hybridized carbons (Fsp3) is 0.286. The van der Waals surface area contributed by atoms with Crippen LogP contribution in [0.4, 0.5) is 5.69 Å². The number of rotatable bonds is 8. The first-order valence-electron chi connectivity index (χ1n) is 9.09. The Labute approximate surface area is 168 Å². The van der Waals surface area contributed by atoms with Crippen LogP contribution in [0.1, 0.15) is 28.8 Å². The summed E-state index contributed by atoms with van der Waals surface area (Å²) in [5.74, 6) is -0.633. The van der Waals surface area contributed by atoms with E-state index in [2.05, 4.69) is 10.6 Å². The number of anilines is 1. The third-order valence-corrected chi connectivity index (χ3v) is 4.54. The Kier molecular flexibility index (Phi) is 6.44. The zero-order chi connectivity index (χ0) is 20.1. The average Bonchev–Trinajstić information content (AvgIpc) is 3.46. The molecule has 6 nitrogen and oxygen atoms in total. The van der Waals surface area contributed by atoms with E-state index in [1.54, 1.807) is 54.4 Å². The number of carbonyl (C=O) groups is 3. The first kappa shape index (κ1) is 20.0. The Balaban J connectivity index is 1.65. The molecule has 0 heterocycles. The monoisotopic (exact) mass is 399 g/mol. The summed E-state index contributed by atoms with van der Waals surface area (Å²) in [5.41, 5.74) is 1.22. The van der Waals surface area contributed by atoms with Crippen molar-refractivity contribution in [2.24, 2.45) is 0 Å². The minimum absolute atomic E-state index is 0.0275. The second kappa shape index (κ2) is 8.99. The Morgan fingerprint density at radius 3 is 2.39 bits per heavy atom. The summed E-state index contributed by atoms with van der Waals surface area (Å²) in [6.45, 7) is 0.167. The summed E-state index contributed by atoms with van der Waals surface area (Å²) >= 11 is 6.06. The molecule has 0 aromatic heterocycles. The van der Waals surface area contributed by atoms with Crippen molar-refractivity contribution >= 4 is 34.9 Å². The van der Waals surface area contributed by atoms with Crippen molar-refractivity contribution < 1.29 is 14.4 Å². The predicted octanol–water partition coefficient (Wildman–Crippen LogP) is 2.72. The van der Waals surface area contributed by atoms with E-state index in [1.165, 1.54) is 0 Å². The number of halogens is 1. The first-order chi connectivity index (χ1) is 13.4. The summed E-state index contributed by atoms with van der Waals surface area (Å²) in [5, 5.41) is 6.05. The van der Waals surface area contributed by atoms with Crippen LogP contribution in [-0.2, 0) is 9.59 Å². The van der Waals surface area contributed by atoms with Gasteiger partial charge in [-0.25, -0.2) is 0 Å². The molecule has 0 bridgehead atoms. The lowest BCUT2D eigenvalue weighted by molar-refractivity contribution is -0.123. The van der Waals surface area contributed by atoms with Gasteiger partial charge in [0.1, 0.15) is 0 Å². The van der Waals surface area contributed by atoms with E-state index >= 15 is 0 Å². The molecule has 0 aliphatic heterocycles. The van der Waals surface area contributed by atoms with E-state index < -0.39 is 0 Å². The van der Waals surface area contributed by atoms with Gasteiger partial charge < -0.3 is 10.6 Å². The minimum Gasteiger partial charge on any atom is -0.352 e. The van der Waals surface area contributed by atoms with Gasteiger partial charge in [0.15, 0.2) is 5.78 Å². The third-order valence-electron chi connectivity index (χ3n) is 4.31. The maximum Gasteiger partial charge on any atom is 0.238 e. The molecule has 2 aromatic carbocycles. The third kappa shape index (κ3) is 5.65.